The first-order valence-electron chi connectivity index (χ1n) is 12.1. The van der Waals surface area contributed by atoms with Crippen molar-refractivity contribution in [2.45, 2.75) is 46.6 Å². The van der Waals surface area contributed by atoms with Gasteiger partial charge in [-0.3, -0.25) is 10.1 Å². The molecule has 0 aliphatic heterocycles. The Kier molecular flexibility index (Phi) is 8.05. The number of carbonyl (C=O) groups is 1. The summed E-state index contributed by atoms with van der Waals surface area (Å²) in [5, 5.41) is 5.95. The van der Waals surface area contributed by atoms with Gasteiger partial charge in [0.1, 0.15) is 11.8 Å². The van der Waals surface area contributed by atoms with Crippen molar-refractivity contribution >= 4 is 34.9 Å². The van der Waals surface area contributed by atoms with E-state index in [2.05, 4.69) is 25.6 Å². The maximum Gasteiger partial charge on any atom is 0.411 e. The topological polar surface area (TPSA) is 129 Å². The standard InChI is InChI=1S/C26H31ClN6O5/c1-13-10-21(36-5)28-16(4)22(13)32-26(35)38-12-19(17-7-8-17)33-11-20(27)31-23(25(33)34)30-18-9-14(2)24(37-6)29-15(18)3/h9-11,17,19H,7-8,12H2,1-6H3,(H,30,31)(H,32,35). The van der Waals surface area contributed by atoms with Crippen LogP contribution in [-0.4, -0.2) is 46.4 Å². The second-order valence-electron chi connectivity index (χ2n) is 9.27. The summed E-state index contributed by atoms with van der Waals surface area (Å²) in [6.07, 6.45) is 2.65. The molecule has 1 aliphatic carbocycles. The summed E-state index contributed by atoms with van der Waals surface area (Å²) in [7, 11) is 3.08. The third kappa shape index (κ3) is 5.99. The largest absolute Gasteiger partial charge is 0.481 e. The van der Waals surface area contributed by atoms with Crippen LogP contribution >= 0.6 is 11.6 Å². The van der Waals surface area contributed by atoms with Crippen LogP contribution in [0.15, 0.2) is 23.1 Å². The van der Waals surface area contributed by atoms with Crippen LogP contribution in [-0.2, 0) is 4.74 Å². The van der Waals surface area contributed by atoms with Gasteiger partial charge in [0, 0.05) is 17.8 Å². The van der Waals surface area contributed by atoms with Crippen molar-refractivity contribution < 1.29 is 19.0 Å². The minimum absolute atomic E-state index is 0.0138. The van der Waals surface area contributed by atoms with Crippen LogP contribution < -0.4 is 25.7 Å². The zero-order chi connectivity index (χ0) is 27.6. The number of aryl methyl sites for hydroxylation is 4. The number of hydrogen-bond donors (Lipinski definition) is 2. The van der Waals surface area contributed by atoms with Crippen molar-refractivity contribution in [3.63, 3.8) is 0 Å². The molecule has 1 saturated carbocycles. The van der Waals surface area contributed by atoms with Gasteiger partial charge >= 0.3 is 6.09 Å². The lowest BCUT2D eigenvalue weighted by atomic mass is 10.2. The van der Waals surface area contributed by atoms with Crippen molar-refractivity contribution in [3.8, 4) is 11.8 Å². The fourth-order valence-electron chi connectivity index (χ4n) is 4.26. The Labute approximate surface area is 225 Å². The van der Waals surface area contributed by atoms with Crippen molar-refractivity contribution in [2.24, 2.45) is 5.92 Å². The lowest BCUT2D eigenvalue weighted by Crippen LogP contribution is -2.32. The molecule has 3 aromatic heterocycles. The Bertz CT molecular complexity index is 1400. The van der Waals surface area contributed by atoms with E-state index in [1.165, 1.54) is 17.9 Å². The Morgan fingerprint density at radius 1 is 1.08 bits per heavy atom. The molecule has 0 aromatic carbocycles. The van der Waals surface area contributed by atoms with Gasteiger partial charge in [-0.15, -0.1) is 0 Å². The summed E-state index contributed by atoms with van der Waals surface area (Å²) < 4.78 is 17.5. The van der Waals surface area contributed by atoms with Crippen LogP contribution in [0.3, 0.4) is 0 Å². The van der Waals surface area contributed by atoms with E-state index >= 15 is 0 Å². The van der Waals surface area contributed by atoms with Crippen LogP contribution in [0.25, 0.3) is 0 Å². The lowest BCUT2D eigenvalue weighted by molar-refractivity contribution is 0.135. The number of rotatable bonds is 9. The number of anilines is 3. The summed E-state index contributed by atoms with van der Waals surface area (Å²) in [5.41, 5.74) is 3.61. The highest BCUT2D eigenvalue weighted by Gasteiger charge is 2.35. The first-order chi connectivity index (χ1) is 18.1. The number of nitrogens with one attached hydrogen (secondary N) is 2. The summed E-state index contributed by atoms with van der Waals surface area (Å²) in [6.45, 7) is 7.26. The SMILES string of the molecule is COc1cc(C)c(NC(=O)OCC(C2CC2)n2cc(Cl)nc(Nc3cc(C)c(OC)nc3C)c2=O)c(C)n1. The average Bonchev–Trinajstić information content (AvgIpc) is 3.71. The quantitative estimate of drug-likeness (QED) is 0.388. The van der Waals surface area contributed by atoms with Gasteiger partial charge in [0.15, 0.2) is 5.82 Å². The monoisotopic (exact) mass is 542 g/mol. The molecule has 38 heavy (non-hydrogen) atoms. The average molecular weight is 543 g/mol. The Morgan fingerprint density at radius 2 is 1.82 bits per heavy atom. The third-order valence-corrected chi connectivity index (χ3v) is 6.61. The first kappa shape index (κ1) is 27.2. The molecule has 202 valence electrons. The number of methoxy groups -OCH3 is 2. The second kappa shape index (κ2) is 11.3. The van der Waals surface area contributed by atoms with Crippen LogP contribution in [0, 0.1) is 33.6 Å². The van der Waals surface area contributed by atoms with Crippen LogP contribution in [0.4, 0.5) is 22.0 Å². The number of nitrogens with zero attached hydrogens (tertiary/aromatic N) is 4. The van der Waals surface area contributed by atoms with Gasteiger partial charge in [-0.1, -0.05) is 11.6 Å². The molecule has 1 aliphatic rings. The molecule has 3 aromatic rings. The van der Waals surface area contributed by atoms with Crippen molar-refractivity contribution in [2.75, 3.05) is 31.5 Å². The number of carbonyl (C=O) groups excluding carboxylic acids is 1. The minimum atomic E-state index is -0.643. The van der Waals surface area contributed by atoms with E-state index in [1.54, 1.807) is 27.0 Å². The summed E-state index contributed by atoms with van der Waals surface area (Å²) in [4.78, 5) is 39.1. The molecule has 1 unspecified atom stereocenters. The zero-order valence-corrected chi connectivity index (χ0v) is 23.0. The molecule has 1 atom stereocenters. The molecule has 4 rings (SSSR count). The molecule has 1 amide bonds. The van der Waals surface area contributed by atoms with Gasteiger partial charge in [-0.2, -0.15) is 0 Å². The molecule has 11 nitrogen and oxygen atoms in total. The Balaban J connectivity index is 1.54. The lowest BCUT2D eigenvalue weighted by Gasteiger charge is -2.21. The third-order valence-electron chi connectivity index (χ3n) is 6.42. The number of pyridine rings is 2. The van der Waals surface area contributed by atoms with Gasteiger partial charge < -0.3 is 24.1 Å². The molecular weight excluding hydrogens is 512 g/mol. The summed E-state index contributed by atoms with van der Waals surface area (Å²) >= 11 is 6.32. The molecular formula is C26H31ClN6O5. The van der Waals surface area contributed by atoms with Crippen molar-refractivity contribution in [1.82, 2.24) is 19.5 Å². The molecule has 12 heteroatoms. The highest BCUT2D eigenvalue weighted by molar-refractivity contribution is 6.29. The summed E-state index contributed by atoms with van der Waals surface area (Å²) in [6, 6.07) is 3.16. The van der Waals surface area contributed by atoms with Gasteiger partial charge in [0.05, 0.1) is 43.0 Å². The normalized spacial score (nSPS) is 13.6. The van der Waals surface area contributed by atoms with Gasteiger partial charge in [0.2, 0.25) is 11.8 Å². The summed E-state index contributed by atoms with van der Waals surface area (Å²) in [5.74, 6) is 1.19. The van der Waals surface area contributed by atoms with E-state index in [9.17, 15) is 9.59 Å². The molecule has 2 N–H and O–H groups in total. The zero-order valence-electron chi connectivity index (χ0n) is 22.2. The number of ether oxygens (including phenoxy) is 3. The van der Waals surface area contributed by atoms with Gasteiger partial charge in [-0.05, 0) is 58.1 Å². The number of aromatic nitrogens is 4. The molecule has 0 bridgehead atoms. The molecule has 0 radical (unpaired) electrons. The molecule has 1 fully saturated rings. The van der Waals surface area contributed by atoms with Gasteiger partial charge in [-0.25, -0.2) is 19.7 Å². The van der Waals surface area contributed by atoms with Crippen molar-refractivity contribution in [3.05, 3.63) is 56.4 Å². The van der Waals surface area contributed by atoms with Crippen LogP contribution in [0.5, 0.6) is 11.8 Å². The first-order valence-corrected chi connectivity index (χ1v) is 12.5. The molecule has 0 spiro atoms. The van der Waals surface area contributed by atoms with Crippen molar-refractivity contribution in [1.29, 1.82) is 0 Å². The number of amides is 1. The highest BCUT2D eigenvalue weighted by atomic mass is 35.5. The minimum Gasteiger partial charge on any atom is -0.481 e. The second-order valence-corrected chi connectivity index (χ2v) is 9.65. The van der Waals surface area contributed by atoms with Crippen LogP contribution in [0.2, 0.25) is 5.15 Å². The van der Waals surface area contributed by atoms with E-state index < -0.39 is 12.1 Å². The van der Waals surface area contributed by atoms with Gasteiger partial charge in [0.25, 0.3) is 5.56 Å². The van der Waals surface area contributed by atoms with E-state index in [0.717, 1.165) is 24.0 Å². The Morgan fingerprint density at radius 3 is 2.45 bits per heavy atom. The fourth-order valence-corrected chi connectivity index (χ4v) is 4.45. The number of hydrogen-bond acceptors (Lipinski definition) is 9. The maximum atomic E-state index is 13.5. The fraction of sp³-hybridized carbons (Fsp3) is 0.423. The molecule has 0 saturated heterocycles. The van der Waals surface area contributed by atoms with E-state index in [4.69, 9.17) is 25.8 Å². The molecule has 3 heterocycles. The smallest absolute Gasteiger partial charge is 0.411 e. The van der Waals surface area contributed by atoms with Crippen LogP contribution in [0.1, 0.15) is 41.4 Å². The predicted octanol–water partition coefficient (Wildman–Crippen LogP) is 4.88. The maximum absolute atomic E-state index is 13.5. The van der Waals surface area contributed by atoms with E-state index in [0.29, 0.717) is 34.5 Å². The van der Waals surface area contributed by atoms with E-state index in [-0.39, 0.29) is 29.1 Å². The number of halogens is 1. The van der Waals surface area contributed by atoms with E-state index in [1.807, 2.05) is 19.9 Å². The highest BCUT2D eigenvalue weighted by Crippen LogP contribution is 2.40. The Hall–Kier alpha value is -3.86. The predicted molar refractivity (Wildman–Crippen MR) is 144 cm³/mol.